The van der Waals surface area contributed by atoms with Crippen LogP contribution in [0.2, 0.25) is 0 Å². The first-order valence-electron chi connectivity index (χ1n) is 10.1. The second-order valence-corrected chi connectivity index (χ2v) is 8.54. The SMILES string of the molecule is CC(C)(C)OC(=O)N[C@@H](Cc1ccccc1)[C@@H]1CC(Cc2ccccc2)C(=O)O1. The number of esters is 1. The third-order valence-corrected chi connectivity index (χ3v) is 4.89. The van der Waals surface area contributed by atoms with Gasteiger partial charge in [-0.15, -0.1) is 0 Å². The van der Waals surface area contributed by atoms with E-state index < -0.39 is 11.7 Å². The maximum atomic E-state index is 12.5. The van der Waals surface area contributed by atoms with Crippen LogP contribution in [0.15, 0.2) is 60.7 Å². The molecule has 5 nitrogen and oxygen atoms in total. The predicted octanol–water partition coefficient (Wildman–Crippen LogP) is 4.30. The van der Waals surface area contributed by atoms with E-state index in [1.54, 1.807) is 0 Å². The maximum Gasteiger partial charge on any atom is 0.408 e. The highest BCUT2D eigenvalue weighted by Gasteiger charge is 2.39. The lowest BCUT2D eigenvalue weighted by Crippen LogP contribution is -2.46. The van der Waals surface area contributed by atoms with Crippen molar-refractivity contribution in [3.63, 3.8) is 0 Å². The Morgan fingerprint density at radius 2 is 1.66 bits per heavy atom. The Morgan fingerprint density at radius 1 is 1.07 bits per heavy atom. The van der Waals surface area contributed by atoms with E-state index in [1.165, 1.54) is 0 Å². The molecule has 1 aliphatic heterocycles. The van der Waals surface area contributed by atoms with Gasteiger partial charge in [0.15, 0.2) is 0 Å². The fourth-order valence-electron chi connectivity index (χ4n) is 3.58. The van der Waals surface area contributed by atoms with E-state index in [0.29, 0.717) is 19.3 Å². The number of benzene rings is 2. The van der Waals surface area contributed by atoms with E-state index in [9.17, 15) is 9.59 Å². The number of amides is 1. The van der Waals surface area contributed by atoms with Gasteiger partial charge in [-0.25, -0.2) is 4.79 Å². The Kier molecular flexibility index (Phi) is 6.57. The highest BCUT2D eigenvalue weighted by atomic mass is 16.6. The van der Waals surface area contributed by atoms with Crippen LogP contribution in [0, 0.1) is 5.92 Å². The van der Waals surface area contributed by atoms with Crippen LogP contribution in [0.3, 0.4) is 0 Å². The molecule has 0 aliphatic carbocycles. The molecule has 2 aromatic rings. The molecule has 2 aromatic carbocycles. The summed E-state index contributed by atoms with van der Waals surface area (Å²) < 4.78 is 11.1. The van der Waals surface area contributed by atoms with E-state index in [0.717, 1.165) is 11.1 Å². The highest BCUT2D eigenvalue weighted by Crippen LogP contribution is 2.28. The number of ether oxygens (including phenoxy) is 2. The van der Waals surface area contributed by atoms with Gasteiger partial charge in [0.2, 0.25) is 0 Å². The van der Waals surface area contributed by atoms with Crippen molar-refractivity contribution >= 4 is 12.1 Å². The Bertz CT molecular complexity index is 814. The summed E-state index contributed by atoms with van der Waals surface area (Å²) in [6.07, 6.45) is 0.891. The molecular weight excluding hydrogens is 366 g/mol. The van der Waals surface area contributed by atoms with E-state index in [-0.39, 0.29) is 24.0 Å². The second kappa shape index (κ2) is 9.12. The lowest BCUT2D eigenvalue weighted by molar-refractivity contribution is -0.145. The average Bonchev–Trinajstić information content (AvgIpc) is 3.02. The van der Waals surface area contributed by atoms with E-state index in [1.807, 2.05) is 81.4 Å². The first-order chi connectivity index (χ1) is 13.8. The van der Waals surface area contributed by atoms with Gasteiger partial charge in [0, 0.05) is 6.42 Å². The van der Waals surface area contributed by atoms with Gasteiger partial charge in [-0.3, -0.25) is 4.79 Å². The van der Waals surface area contributed by atoms with E-state index in [4.69, 9.17) is 9.47 Å². The van der Waals surface area contributed by atoms with Crippen LogP contribution in [0.5, 0.6) is 0 Å². The van der Waals surface area contributed by atoms with Crippen LogP contribution in [0.4, 0.5) is 4.79 Å². The van der Waals surface area contributed by atoms with Crippen molar-refractivity contribution in [2.45, 2.75) is 57.8 Å². The number of carbonyl (C=O) groups is 2. The van der Waals surface area contributed by atoms with Crippen molar-refractivity contribution in [2.75, 3.05) is 0 Å². The van der Waals surface area contributed by atoms with E-state index in [2.05, 4.69) is 5.32 Å². The Hall–Kier alpha value is -2.82. The van der Waals surface area contributed by atoms with Gasteiger partial charge < -0.3 is 14.8 Å². The highest BCUT2D eigenvalue weighted by molar-refractivity contribution is 5.75. The minimum atomic E-state index is -0.594. The van der Waals surface area contributed by atoms with Gasteiger partial charge >= 0.3 is 12.1 Å². The molecule has 0 spiro atoms. The molecule has 0 radical (unpaired) electrons. The molecular formula is C24H29NO4. The average molecular weight is 395 g/mol. The molecule has 1 N–H and O–H groups in total. The summed E-state index contributed by atoms with van der Waals surface area (Å²) in [5.41, 5.74) is 1.58. The first-order valence-corrected chi connectivity index (χ1v) is 10.1. The lowest BCUT2D eigenvalue weighted by Gasteiger charge is -2.26. The van der Waals surface area contributed by atoms with Crippen molar-refractivity contribution in [2.24, 2.45) is 5.92 Å². The van der Waals surface area contributed by atoms with Gasteiger partial charge in [0.05, 0.1) is 12.0 Å². The largest absolute Gasteiger partial charge is 0.460 e. The summed E-state index contributed by atoms with van der Waals surface area (Å²) in [4.78, 5) is 24.9. The third kappa shape index (κ3) is 6.34. The van der Waals surface area contributed by atoms with Crippen molar-refractivity contribution in [3.05, 3.63) is 71.8 Å². The summed E-state index contributed by atoms with van der Waals surface area (Å²) in [6, 6.07) is 19.4. The molecule has 5 heteroatoms. The van der Waals surface area contributed by atoms with Crippen LogP contribution < -0.4 is 5.32 Å². The minimum absolute atomic E-state index is 0.206. The number of alkyl carbamates (subject to hydrolysis) is 1. The molecule has 29 heavy (non-hydrogen) atoms. The van der Waals surface area contributed by atoms with Crippen molar-refractivity contribution in [1.29, 1.82) is 0 Å². The summed E-state index contributed by atoms with van der Waals surface area (Å²) in [6.45, 7) is 5.47. The first kappa shape index (κ1) is 20.9. The summed E-state index contributed by atoms with van der Waals surface area (Å²) in [7, 11) is 0. The van der Waals surface area contributed by atoms with Crippen LogP contribution >= 0.6 is 0 Å². The minimum Gasteiger partial charge on any atom is -0.460 e. The molecule has 0 aromatic heterocycles. The summed E-state index contributed by atoms with van der Waals surface area (Å²) >= 11 is 0. The molecule has 1 saturated heterocycles. The molecule has 154 valence electrons. The number of rotatable bonds is 6. The molecule has 1 heterocycles. The zero-order valence-electron chi connectivity index (χ0n) is 17.3. The molecule has 1 amide bonds. The number of cyclic esters (lactones) is 1. The molecule has 1 unspecified atom stereocenters. The summed E-state index contributed by atoms with van der Waals surface area (Å²) in [5, 5.41) is 2.93. The molecule has 1 aliphatic rings. The van der Waals surface area contributed by atoms with Gasteiger partial charge in [-0.05, 0) is 44.7 Å². The van der Waals surface area contributed by atoms with Crippen LogP contribution in [0.1, 0.15) is 38.3 Å². The van der Waals surface area contributed by atoms with Crippen molar-refractivity contribution < 1.29 is 19.1 Å². The molecule has 3 atom stereocenters. The Morgan fingerprint density at radius 3 is 2.24 bits per heavy atom. The molecule has 0 saturated carbocycles. The topological polar surface area (TPSA) is 64.6 Å². The van der Waals surface area contributed by atoms with Crippen LogP contribution in [0.25, 0.3) is 0 Å². The zero-order chi connectivity index (χ0) is 20.9. The fourth-order valence-corrected chi connectivity index (χ4v) is 3.58. The van der Waals surface area contributed by atoms with Crippen LogP contribution in [-0.2, 0) is 27.1 Å². The second-order valence-electron chi connectivity index (χ2n) is 8.54. The number of carbonyl (C=O) groups excluding carboxylic acids is 2. The van der Waals surface area contributed by atoms with Gasteiger partial charge in [0.1, 0.15) is 11.7 Å². The standard InChI is InChI=1S/C24H29NO4/c1-24(2,3)29-23(27)25-20(15-18-12-8-5-9-13-18)21-16-19(22(26)28-21)14-17-10-6-4-7-11-17/h4-13,19-21H,14-16H2,1-3H3,(H,25,27)/t19?,20-,21-/m0/s1. The maximum absolute atomic E-state index is 12.5. The number of hydrogen-bond acceptors (Lipinski definition) is 4. The normalized spacial score (nSPS) is 20.0. The quantitative estimate of drug-likeness (QED) is 0.741. The third-order valence-electron chi connectivity index (χ3n) is 4.89. The lowest BCUT2D eigenvalue weighted by atomic mass is 9.92. The van der Waals surface area contributed by atoms with Gasteiger partial charge in [-0.2, -0.15) is 0 Å². The van der Waals surface area contributed by atoms with Crippen LogP contribution in [-0.4, -0.2) is 29.8 Å². The smallest absolute Gasteiger partial charge is 0.408 e. The Balaban J connectivity index is 1.71. The predicted molar refractivity (Wildman–Crippen MR) is 111 cm³/mol. The molecule has 1 fully saturated rings. The number of nitrogens with one attached hydrogen (secondary N) is 1. The molecule has 0 bridgehead atoms. The Labute approximate surface area is 172 Å². The van der Waals surface area contributed by atoms with Gasteiger partial charge in [0.25, 0.3) is 0 Å². The fraction of sp³-hybridized carbons (Fsp3) is 0.417. The molecule has 3 rings (SSSR count). The van der Waals surface area contributed by atoms with Crippen molar-refractivity contribution in [1.82, 2.24) is 5.32 Å². The monoisotopic (exact) mass is 395 g/mol. The number of hydrogen-bond donors (Lipinski definition) is 1. The van der Waals surface area contributed by atoms with Gasteiger partial charge in [-0.1, -0.05) is 60.7 Å². The zero-order valence-corrected chi connectivity index (χ0v) is 17.3. The summed E-state index contributed by atoms with van der Waals surface area (Å²) in [5.74, 6) is -0.413. The van der Waals surface area contributed by atoms with E-state index >= 15 is 0 Å². The van der Waals surface area contributed by atoms with Crippen molar-refractivity contribution in [3.8, 4) is 0 Å².